The molecule has 0 spiro atoms. The van der Waals surface area contributed by atoms with Gasteiger partial charge in [-0.1, -0.05) is 170 Å². The first-order valence-electron chi connectivity index (χ1n) is 19.5. The molecule has 56 heavy (non-hydrogen) atoms. The lowest BCUT2D eigenvalue weighted by atomic mass is 9.89. The molecule has 1 heterocycles. The quantitative estimate of drug-likeness (QED) is 0.152. The SMILES string of the molecule is C1=CC(c2cccc(-c3ccccc3)c2)CC=C1N(c1ccc(-c2ccccc2)cc1)c1cccc(-c2cccc3c2c2ccccc2n3-c2ccccc2)c1. The van der Waals surface area contributed by atoms with Crippen LogP contribution in [0.3, 0.4) is 0 Å². The molecule has 10 rings (SSSR count). The predicted octanol–water partition coefficient (Wildman–Crippen LogP) is 14.6. The third-order valence-electron chi connectivity index (χ3n) is 11.1. The van der Waals surface area contributed by atoms with Crippen LogP contribution < -0.4 is 4.90 Å². The number of benzene rings is 8. The number of allylic oxidation sites excluding steroid dienone is 3. The van der Waals surface area contributed by atoms with Crippen LogP contribution in [-0.4, -0.2) is 4.57 Å². The number of nitrogens with zero attached hydrogens (tertiary/aromatic N) is 2. The van der Waals surface area contributed by atoms with Crippen LogP contribution in [0.25, 0.3) is 60.9 Å². The van der Waals surface area contributed by atoms with Crippen molar-refractivity contribution in [3.63, 3.8) is 0 Å². The molecule has 2 nitrogen and oxygen atoms in total. The zero-order chi connectivity index (χ0) is 37.3. The second-order valence-electron chi connectivity index (χ2n) is 14.5. The minimum atomic E-state index is 0.301. The Balaban J connectivity index is 1.06. The molecule has 1 aliphatic rings. The topological polar surface area (TPSA) is 8.17 Å². The van der Waals surface area contributed by atoms with Gasteiger partial charge in [-0.25, -0.2) is 0 Å². The van der Waals surface area contributed by atoms with Crippen molar-refractivity contribution in [2.75, 3.05) is 4.90 Å². The number of para-hydroxylation sites is 2. The van der Waals surface area contributed by atoms with Crippen molar-refractivity contribution in [1.29, 1.82) is 0 Å². The van der Waals surface area contributed by atoms with Gasteiger partial charge < -0.3 is 9.47 Å². The summed E-state index contributed by atoms with van der Waals surface area (Å²) in [5.74, 6) is 0.301. The molecular weight excluding hydrogens is 677 g/mol. The summed E-state index contributed by atoms with van der Waals surface area (Å²) in [6.07, 6.45) is 8.02. The molecule has 9 aromatic rings. The first-order chi connectivity index (χ1) is 27.8. The van der Waals surface area contributed by atoms with Crippen LogP contribution in [-0.2, 0) is 0 Å². The lowest BCUT2D eigenvalue weighted by Crippen LogP contribution is -2.17. The first kappa shape index (κ1) is 33.4. The number of hydrogen-bond acceptors (Lipinski definition) is 1. The maximum absolute atomic E-state index is 2.42. The molecular formula is C54H40N2. The smallest absolute Gasteiger partial charge is 0.0547 e. The van der Waals surface area contributed by atoms with E-state index in [0.29, 0.717) is 5.92 Å². The average Bonchev–Trinajstić information content (AvgIpc) is 3.63. The van der Waals surface area contributed by atoms with Crippen LogP contribution in [0, 0.1) is 0 Å². The molecule has 1 aromatic heterocycles. The second-order valence-corrected chi connectivity index (χ2v) is 14.5. The molecule has 1 aliphatic carbocycles. The summed E-state index contributed by atoms with van der Waals surface area (Å²) in [7, 11) is 0. The molecule has 0 saturated heterocycles. The molecule has 0 radical (unpaired) electrons. The van der Waals surface area contributed by atoms with E-state index < -0.39 is 0 Å². The normalized spacial score (nSPS) is 13.9. The van der Waals surface area contributed by atoms with Gasteiger partial charge in [0.15, 0.2) is 0 Å². The lowest BCUT2D eigenvalue weighted by Gasteiger charge is -2.29. The largest absolute Gasteiger partial charge is 0.311 e. The molecule has 0 saturated carbocycles. The van der Waals surface area contributed by atoms with Crippen molar-refractivity contribution < 1.29 is 0 Å². The van der Waals surface area contributed by atoms with Gasteiger partial charge in [0.05, 0.1) is 11.0 Å². The number of anilines is 2. The van der Waals surface area contributed by atoms with Gasteiger partial charge in [-0.2, -0.15) is 0 Å². The summed E-state index contributed by atoms with van der Waals surface area (Å²) in [6, 6.07) is 74.5. The van der Waals surface area contributed by atoms with E-state index in [4.69, 9.17) is 0 Å². The van der Waals surface area contributed by atoms with Gasteiger partial charge in [0.1, 0.15) is 0 Å². The van der Waals surface area contributed by atoms with E-state index in [-0.39, 0.29) is 0 Å². The molecule has 0 fully saturated rings. The van der Waals surface area contributed by atoms with Crippen LogP contribution in [0.1, 0.15) is 17.9 Å². The maximum atomic E-state index is 2.42. The molecule has 266 valence electrons. The maximum Gasteiger partial charge on any atom is 0.0547 e. The Kier molecular flexibility index (Phi) is 8.70. The molecule has 1 atom stereocenters. The highest BCUT2D eigenvalue weighted by Crippen LogP contribution is 2.42. The van der Waals surface area contributed by atoms with Crippen LogP contribution >= 0.6 is 0 Å². The Morgan fingerprint density at radius 1 is 0.446 bits per heavy atom. The van der Waals surface area contributed by atoms with E-state index in [1.54, 1.807) is 0 Å². The van der Waals surface area contributed by atoms with Crippen LogP contribution in [0.5, 0.6) is 0 Å². The molecule has 1 unspecified atom stereocenters. The molecule has 0 N–H and O–H groups in total. The number of aromatic nitrogens is 1. The number of fused-ring (bicyclic) bond motifs is 3. The van der Waals surface area contributed by atoms with E-state index in [9.17, 15) is 0 Å². The minimum Gasteiger partial charge on any atom is -0.311 e. The zero-order valence-corrected chi connectivity index (χ0v) is 31.0. The van der Waals surface area contributed by atoms with E-state index in [0.717, 1.165) is 23.5 Å². The van der Waals surface area contributed by atoms with Crippen molar-refractivity contribution in [2.24, 2.45) is 0 Å². The second kappa shape index (κ2) is 14.6. The summed E-state index contributed by atoms with van der Waals surface area (Å²) >= 11 is 0. The summed E-state index contributed by atoms with van der Waals surface area (Å²) in [6.45, 7) is 0. The Morgan fingerprint density at radius 2 is 1.05 bits per heavy atom. The van der Waals surface area contributed by atoms with Crippen molar-refractivity contribution in [3.05, 3.63) is 236 Å². The van der Waals surface area contributed by atoms with Gasteiger partial charge >= 0.3 is 0 Å². The lowest BCUT2D eigenvalue weighted by molar-refractivity contribution is 0.840. The van der Waals surface area contributed by atoms with E-state index in [2.05, 4.69) is 234 Å². The monoisotopic (exact) mass is 716 g/mol. The Labute approximate surface area is 328 Å². The molecule has 2 heteroatoms. The third kappa shape index (κ3) is 6.22. The average molecular weight is 717 g/mol. The Morgan fingerprint density at radius 3 is 1.80 bits per heavy atom. The van der Waals surface area contributed by atoms with Crippen LogP contribution in [0.15, 0.2) is 230 Å². The van der Waals surface area contributed by atoms with Gasteiger partial charge in [0.25, 0.3) is 0 Å². The van der Waals surface area contributed by atoms with E-state index in [1.807, 2.05) is 0 Å². The van der Waals surface area contributed by atoms with Crippen molar-refractivity contribution in [2.45, 2.75) is 12.3 Å². The molecule has 0 amide bonds. The summed E-state index contributed by atoms with van der Waals surface area (Å²) < 4.78 is 2.39. The highest BCUT2D eigenvalue weighted by molar-refractivity contribution is 6.15. The van der Waals surface area contributed by atoms with Crippen molar-refractivity contribution in [1.82, 2.24) is 4.57 Å². The van der Waals surface area contributed by atoms with E-state index in [1.165, 1.54) is 66.4 Å². The molecule has 0 bridgehead atoms. The summed E-state index contributed by atoms with van der Waals surface area (Å²) in [4.78, 5) is 2.42. The fourth-order valence-corrected chi connectivity index (χ4v) is 8.41. The third-order valence-corrected chi connectivity index (χ3v) is 11.1. The van der Waals surface area contributed by atoms with Gasteiger partial charge in [-0.15, -0.1) is 0 Å². The predicted molar refractivity (Wildman–Crippen MR) is 237 cm³/mol. The molecule has 8 aromatic carbocycles. The highest BCUT2D eigenvalue weighted by Gasteiger charge is 2.21. The van der Waals surface area contributed by atoms with Crippen molar-refractivity contribution in [3.8, 4) is 39.1 Å². The minimum absolute atomic E-state index is 0.301. The van der Waals surface area contributed by atoms with Gasteiger partial charge in [-0.05, 0) is 100.0 Å². The fraction of sp³-hybridized carbons (Fsp3) is 0.0370. The van der Waals surface area contributed by atoms with Crippen molar-refractivity contribution >= 4 is 33.2 Å². The standard InChI is InChI=1S/C54H40N2/c1-4-15-39(16-5-1)41-29-33-47(34-30-41)55(48-35-31-42(32-36-48)44-20-12-19-43(37-44)40-17-6-2-7-18-40)49-24-13-21-45(38-49)50-26-14-28-53-54(50)51-25-10-11-27-52(51)56(53)46-22-8-3-9-23-46/h1-31,33-38,42H,32H2. The van der Waals surface area contributed by atoms with Gasteiger partial charge in [0.2, 0.25) is 0 Å². The fourth-order valence-electron chi connectivity index (χ4n) is 8.41. The van der Waals surface area contributed by atoms with E-state index >= 15 is 0 Å². The van der Waals surface area contributed by atoms with Gasteiger partial charge in [0, 0.05) is 39.4 Å². The molecule has 0 aliphatic heterocycles. The summed E-state index contributed by atoms with van der Waals surface area (Å²) in [5.41, 5.74) is 15.7. The number of rotatable bonds is 8. The first-order valence-corrected chi connectivity index (χ1v) is 19.5. The highest BCUT2D eigenvalue weighted by atomic mass is 15.1. The van der Waals surface area contributed by atoms with Gasteiger partial charge in [-0.3, -0.25) is 0 Å². The Bertz CT molecular complexity index is 2860. The Hall–Kier alpha value is -7.16. The number of hydrogen-bond donors (Lipinski definition) is 0. The summed E-state index contributed by atoms with van der Waals surface area (Å²) in [5, 5.41) is 2.52. The van der Waals surface area contributed by atoms with Crippen LogP contribution in [0.2, 0.25) is 0 Å². The van der Waals surface area contributed by atoms with Crippen LogP contribution in [0.4, 0.5) is 11.4 Å². The zero-order valence-electron chi connectivity index (χ0n) is 31.0.